The highest BCUT2D eigenvalue weighted by Gasteiger charge is 2.49. The molecule has 0 saturated carbocycles. The number of hydrogen-bond donors (Lipinski definition) is 10. The number of aliphatic hydroxyl groups excluding tert-OH is 2. The number of nitrogens with one attached hydrogen (secondary N) is 3. The molecule has 1 aliphatic heterocycles. The lowest BCUT2D eigenvalue weighted by atomic mass is 10.1. The Bertz CT molecular complexity index is 2300. The zero-order valence-corrected chi connectivity index (χ0v) is 31.6. The van der Waals surface area contributed by atoms with Crippen LogP contribution in [0.2, 0.25) is 0 Å². The summed E-state index contributed by atoms with van der Waals surface area (Å²) in [6.07, 6.45) is -6.32. The van der Waals surface area contributed by atoms with Crippen LogP contribution < -0.4 is 21.7 Å². The molecule has 0 bridgehead atoms. The highest BCUT2D eigenvalue weighted by atomic mass is 127. The summed E-state index contributed by atoms with van der Waals surface area (Å²) in [4.78, 5) is 67.9. The number of azide groups is 1. The van der Waals surface area contributed by atoms with Crippen LogP contribution in [0.25, 0.3) is 21.6 Å². The molecule has 1 aliphatic rings. The smallest absolute Gasteiger partial charge is 0.492 e. The van der Waals surface area contributed by atoms with Gasteiger partial charge in [0.15, 0.2) is 17.4 Å². The van der Waals surface area contributed by atoms with Gasteiger partial charge < -0.3 is 45.8 Å². The number of hydrogen-bond acceptors (Lipinski definition) is 16. The molecule has 54 heavy (non-hydrogen) atoms. The van der Waals surface area contributed by atoms with E-state index >= 15 is 0 Å². The number of carbonyl (C=O) groups excluding carboxylic acids is 1. The van der Waals surface area contributed by atoms with Crippen molar-refractivity contribution in [1.29, 1.82) is 0 Å². The standard InChI is InChI=1S/C25H28IN10O15P3/c26-14-7-11(1-6-16(14)37)8-15(22(40)30-12-2-4-13(5-3-12)33-35-28)34-52(42,43)50-54(47,51-53(44,45)46)48-9-17-19(38)20(39)24(49-17)36-10-29-18-21(36)31-25(27)32-23(18)41/h1-7,10,15,17,19-20,24,37-39H,8-9H2,(H,30,40)(H2,34,42,43)(H2,44,45,46)(H3,27,31,32,41)/t15-,17+,19+,20+,24+,54?/m0/s1. The number of halogens is 1. The van der Waals surface area contributed by atoms with Crippen molar-refractivity contribution in [3.05, 3.63) is 78.7 Å². The van der Waals surface area contributed by atoms with Crippen molar-refractivity contribution in [3.63, 3.8) is 0 Å². The third-order valence-electron chi connectivity index (χ3n) is 7.26. The van der Waals surface area contributed by atoms with Crippen LogP contribution in [0.4, 0.5) is 17.3 Å². The summed E-state index contributed by atoms with van der Waals surface area (Å²) in [5, 5.41) is 39.1. The minimum atomic E-state index is -5.87. The van der Waals surface area contributed by atoms with Gasteiger partial charge in [0.05, 0.1) is 16.5 Å². The van der Waals surface area contributed by atoms with E-state index in [4.69, 9.17) is 20.5 Å². The van der Waals surface area contributed by atoms with E-state index in [0.717, 1.165) is 10.9 Å². The number of H-pyrrole nitrogens is 1. The largest absolute Gasteiger partial charge is 0.507 e. The number of phosphoric acid groups is 2. The Morgan fingerprint density at radius 3 is 2.50 bits per heavy atom. The van der Waals surface area contributed by atoms with E-state index < -0.39 is 78.5 Å². The van der Waals surface area contributed by atoms with Crippen molar-refractivity contribution in [2.45, 2.75) is 37.0 Å². The number of nitrogen functional groups attached to an aromatic ring is 1. The monoisotopic (exact) mass is 928 g/mol. The number of fused-ring (bicyclic) bond motifs is 1. The number of amides is 1. The van der Waals surface area contributed by atoms with Crippen LogP contribution in [0.1, 0.15) is 11.8 Å². The fourth-order valence-electron chi connectivity index (χ4n) is 4.94. The number of aromatic nitrogens is 4. The van der Waals surface area contributed by atoms with E-state index in [1.165, 1.54) is 42.5 Å². The number of benzene rings is 2. The summed E-state index contributed by atoms with van der Waals surface area (Å²) >= 11 is 1.79. The number of aliphatic hydroxyl groups is 2. The lowest BCUT2D eigenvalue weighted by Gasteiger charge is -2.25. The molecule has 4 aromatic rings. The summed E-state index contributed by atoms with van der Waals surface area (Å²) in [5.41, 5.74) is 13.7. The predicted molar refractivity (Wildman–Crippen MR) is 191 cm³/mol. The third-order valence-corrected chi connectivity index (χ3v) is 12.6. The average molecular weight is 928 g/mol. The molecule has 290 valence electrons. The van der Waals surface area contributed by atoms with Crippen LogP contribution in [0, 0.1) is 3.57 Å². The van der Waals surface area contributed by atoms with E-state index in [1.54, 1.807) is 22.6 Å². The molecule has 1 saturated heterocycles. The van der Waals surface area contributed by atoms with Gasteiger partial charge in [0.25, 0.3) is 5.56 Å². The third kappa shape index (κ3) is 10.3. The molecule has 1 fully saturated rings. The molecule has 0 spiro atoms. The lowest BCUT2D eigenvalue weighted by Crippen LogP contribution is -2.40. The van der Waals surface area contributed by atoms with Gasteiger partial charge in [-0.3, -0.25) is 23.7 Å². The van der Waals surface area contributed by atoms with Gasteiger partial charge in [-0.15, -0.1) is 0 Å². The fraction of sp³-hybridized carbons (Fsp3) is 0.280. The second kappa shape index (κ2) is 16.5. The molecule has 7 atom stereocenters. The molecule has 1 amide bonds. The molecule has 11 N–H and O–H groups in total. The Labute approximate surface area is 314 Å². The first kappa shape index (κ1) is 41.4. The Morgan fingerprint density at radius 1 is 1.15 bits per heavy atom. The first-order valence-corrected chi connectivity index (χ1v) is 20.4. The second-order valence-corrected chi connectivity index (χ2v) is 17.0. The first-order valence-electron chi connectivity index (χ1n) is 14.8. The molecule has 3 heterocycles. The molecule has 2 aromatic heterocycles. The van der Waals surface area contributed by atoms with Gasteiger partial charge in [-0.05, 0) is 64.4 Å². The van der Waals surface area contributed by atoms with Gasteiger partial charge in [0.1, 0.15) is 30.1 Å². The van der Waals surface area contributed by atoms with Crippen molar-refractivity contribution in [1.82, 2.24) is 24.6 Å². The van der Waals surface area contributed by atoms with E-state index in [0.29, 0.717) is 9.13 Å². The Hall–Kier alpha value is -3.81. The number of aromatic amines is 1. The van der Waals surface area contributed by atoms with Crippen molar-refractivity contribution < 1.29 is 66.4 Å². The number of rotatable bonds is 15. The topological polar surface area (TPSA) is 389 Å². The first-order chi connectivity index (χ1) is 25.3. The number of carbonyl (C=O) groups is 1. The van der Waals surface area contributed by atoms with E-state index in [2.05, 4.69) is 38.9 Å². The molecular formula is C25H28IN10O15P3. The van der Waals surface area contributed by atoms with Crippen LogP contribution in [0.5, 0.6) is 5.75 Å². The zero-order valence-electron chi connectivity index (χ0n) is 26.8. The average Bonchev–Trinajstić information content (AvgIpc) is 3.61. The quantitative estimate of drug-likeness (QED) is 0.0267. The molecule has 2 aromatic carbocycles. The zero-order chi connectivity index (χ0) is 39.6. The minimum absolute atomic E-state index is 0.109. The summed E-state index contributed by atoms with van der Waals surface area (Å²) in [7, 11) is -17.4. The highest BCUT2D eigenvalue weighted by Crippen LogP contribution is 2.68. The number of aromatic hydroxyl groups is 1. The van der Waals surface area contributed by atoms with Gasteiger partial charge in [0.2, 0.25) is 11.9 Å². The lowest BCUT2D eigenvalue weighted by molar-refractivity contribution is -0.117. The van der Waals surface area contributed by atoms with Gasteiger partial charge in [0, 0.05) is 16.3 Å². The van der Waals surface area contributed by atoms with Crippen LogP contribution in [-0.4, -0.2) is 86.4 Å². The molecule has 25 nitrogen and oxygen atoms in total. The normalized spacial score (nSPS) is 21.5. The van der Waals surface area contributed by atoms with Gasteiger partial charge in [-0.2, -0.15) is 13.6 Å². The van der Waals surface area contributed by atoms with Crippen molar-refractivity contribution in [3.8, 4) is 5.75 Å². The van der Waals surface area contributed by atoms with Gasteiger partial charge >= 0.3 is 23.4 Å². The number of anilines is 2. The Morgan fingerprint density at radius 2 is 1.85 bits per heavy atom. The minimum Gasteiger partial charge on any atom is -0.507 e. The van der Waals surface area contributed by atoms with E-state index in [1.807, 2.05) is 5.09 Å². The molecule has 2 unspecified atom stereocenters. The highest BCUT2D eigenvalue weighted by molar-refractivity contribution is 14.1. The summed E-state index contributed by atoms with van der Waals surface area (Å²) < 4.78 is 59.4. The number of phenolic OH excluding ortho intramolecular Hbond substituents is 1. The summed E-state index contributed by atoms with van der Waals surface area (Å²) in [5.74, 6) is -1.43. The number of nitrogens with zero attached hydrogens (tertiary/aromatic N) is 6. The number of ether oxygens (including phenoxy) is 1. The number of nitrogens with two attached hydrogens (primary N) is 1. The maximum atomic E-state index is 13.5. The predicted octanol–water partition coefficient (Wildman–Crippen LogP) is 1.76. The van der Waals surface area contributed by atoms with Gasteiger partial charge in [-0.1, -0.05) is 23.3 Å². The maximum Gasteiger partial charge on any atom is 0.492 e. The molecule has 0 radical (unpaired) electrons. The van der Waals surface area contributed by atoms with Crippen molar-refractivity contribution in [2.24, 2.45) is 5.11 Å². The van der Waals surface area contributed by atoms with E-state index in [9.17, 15) is 53.3 Å². The summed E-state index contributed by atoms with van der Waals surface area (Å²) in [6, 6.07) is 7.75. The molecular weight excluding hydrogens is 900 g/mol. The van der Waals surface area contributed by atoms with Gasteiger partial charge in [-0.25, -0.2) is 23.8 Å². The molecule has 29 heteroatoms. The Balaban J connectivity index is 1.36. The van der Waals surface area contributed by atoms with Crippen molar-refractivity contribution in [2.75, 3.05) is 17.7 Å². The van der Waals surface area contributed by atoms with Crippen LogP contribution in [0.15, 0.2) is 58.7 Å². The molecule has 5 rings (SSSR count). The maximum absolute atomic E-state index is 13.5. The van der Waals surface area contributed by atoms with E-state index in [-0.39, 0.29) is 34.2 Å². The Kier molecular flexibility index (Phi) is 12.6. The second-order valence-electron chi connectivity index (χ2n) is 11.1. The summed E-state index contributed by atoms with van der Waals surface area (Å²) in [6.45, 7) is -1.17. The number of imidazole rings is 1. The fourth-order valence-corrected chi connectivity index (χ4v) is 9.53. The van der Waals surface area contributed by atoms with Crippen molar-refractivity contribution >= 4 is 80.4 Å². The van der Waals surface area contributed by atoms with Crippen LogP contribution >= 0.6 is 46.0 Å². The van der Waals surface area contributed by atoms with Crippen LogP contribution in [0.3, 0.4) is 0 Å². The SMILES string of the molecule is [N-]=[N+]=Nc1ccc(NC(=O)[C@H](Cc2ccc(O)c(I)c2)NP(=O)(O)OP(=O)(OC[C@H]2O[C@@H](n3cnc4c(=O)[nH]c(N)nc43)[C@H](O)[C@@H]2O)OP(=O)(O)O)cc1. The molecule has 0 aliphatic carbocycles. The van der Waals surface area contributed by atoms with Crippen LogP contribution in [-0.2, 0) is 42.8 Å². The number of phenols is 1.